The van der Waals surface area contributed by atoms with Gasteiger partial charge in [-0.1, -0.05) is 36.4 Å². The Labute approximate surface area is 179 Å². The minimum Gasteiger partial charge on any atom is -0.387 e. The largest absolute Gasteiger partial charge is 0.430 e. The van der Waals surface area contributed by atoms with Gasteiger partial charge in [0.1, 0.15) is 0 Å². The smallest absolute Gasteiger partial charge is 0.387 e. The molecular weight excluding hydrogens is 436 g/mol. The van der Waals surface area contributed by atoms with E-state index < -0.39 is 23.5 Å². The topological polar surface area (TPSA) is 60.9 Å². The van der Waals surface area contributed by atoms with Gasteiger partial charge in [0, 0.05) is 23.9 Å². The molecule has 170 valence electrons. The second-order valence-corrected chi connectivity index (χ2v) is 7.18. The van der Waals surface area contributed by atoms with E-state index in [1.807, 2.05) is 25.1 Å². The third-order valence-electron chi connectivity index (χ3n) is 4.99. The lowest BCUT2D eigenvalue weighted by atomic mass is 9.91. The molecule has 3 rings (SSSR count). The van der Waals surface area contributed by atoms with Gasteiger partial charge in [-0.2, -0.15) is 31.4 Å². The van der Waals surface area contributed by atoms with Crippen LogP contribution in [0.5, 0.6) is 0 Å². The molecule has 3 aromatic rings. The summed E-state index contributed by atoms with van der Waals surface area (Å²) in [6.07, 6.45) is -4.92. The standard InChI is InChI=1S/C22H19F6N3O/c1-14-2-5-17(18-12-30-31-13-18)10-16(14)8-9-29-11-15-3-6-19(7-4-15)20(32,21(23,24)25)22(26,27)28/h2-10,12-13,29,32H,11H2,1H3,(H,30,31)/b9-8-. The first-order valence-corrected chi connectivity index (χ1v) is 9.38. The molecule has 1 heterocycles. The number of nitrogens with one attached hydrogen (secondary N) is 2. The lowest BCUT2D eigenvalue weighted by Gasteiger charge is -2.32. The highest BCUT2D eigenvalue weighted by Gasteiger charge is 2.71. The van der Waals surface area contributed by atoms with Gasteiger partial charge in [0.2, 0.25) is 0 Å². The van der Waals surface area contributed by atoms with Crippen molar-refractivity contribution in [3.05, 3.63) is 83.3 Å². The van der Waals surface area contributed by atoms with E-state index in [2.05, 4.69) is 15.5 Å². The summed E-state index contributed by atoms with van der Waals surface area (Å²) in [5, 5.41) is 19.0. The molecular formula is C22H19F6N3O. The minimum atomic E-state index is -5.91. The van der Waals surface area contributed by atoms with Crippen LogP contribution >= 0.6 is 0 Å². The number of hydrogen-bond donors (Lipinski definition) is 3. The minimum absolute atomic E-state index is 0.160. The van der Waals surface area contributed by atoms with Crippen LogP contribution in [0.2, 0.25) is 0 Å². The molecule has 32 heavy (non-hydrogen) atoms. The van der Waals surface area contributed by atoms with Gasteiger partial charge in [-0.05, 0) is 47.5 Å². The molecule has 0 atom stereocenters. The van der Waals surface area contributed by atoms with E-state index in [-0.39, 0.29) is 6.54 Å². The Morgan fingerprint density at radius 3 is 2.19 bits per heavy atom. The fourth-order valence-electron chi connectivity index (χ4n) is 3.09. The van der Waals surface area contributed by atoms with E-state index in [9.17, 15) is 31.4 Å². The summed E-state index contributed by atoms with van der Waals surface area (Å²) in [5.74, 6) is 0. The number of aryl methyl sites for hydroxylation is 1. The number of nitrogens with zero attached hydrogens (tertiary/aromatic N) is 1. The predicted molar refractivity (Wildman–Crippen MR) is 107 cm³/mol. The van der Waals surface area contributed by atoms with Crippen LogP contribution < -0.4 is 5.32 Å². The Kier molecular flexibility index (Phi) is 6.36. The van der Waals surface area contributed by atoms with Gasteiger partial charge in [-0.3, -0.25) is 5.10 Å². The highest BCUT2D eigenvalue weighted by Crippen LogP contribution is 2.49. The van der Waals surface area contributed by atoms with E-state index >= 15 is 0 Å². The Morgan fingerprint density at radius 1 is 0.969 bits per heavy atom. The van der Waals surface area contributed by atoms with Gasteiger partial charge >= 0.3 is 12.4 Å². The quantitative estimate of drug-likeness (QED) is 0.433. The molecule has 0 unspecified atom stereocenters. The first-order valence-electron chi connectivity index (χ1n) is 9.38. The zero-order valence-corrected chi connectivity index (χ0v) is 16.7. The van der Waals surface area contributed by atoms with Crippen LogP contribution in [-0.2, 0) is 12.1 Å². The molecule has 3 N–H and O–H groups in total. The van der Waals surface area contributed by atoms with E-state index in [1.165, 1.54) is 0 Å². The molecule has 0 fully saturated rings. The summed E-state index contributed by atoms with van der Waals surface area (Å²) >= 11 is 0. The number of H-pyrrole nitrogens is 1. The number of aromatic amines is 1. The number of benzene rings is 2. The first kappa shape index (κ1) is 23.4. The molecule has 0 spiro atoms. The van der Waals surface area contributed by atoms with Gasteiger partial charge in [0.25, 0.3) is 5.60 Å². The maximum absolute atomic E-state index is 13.0. The lowest BCUT2D eigenvalue weighted by molar-refractivity contribution is -0.376. The normalized spacial score (nSPS) is 13.0. The molecule has 0 saturated carbocycles. The SMILES string of the molecule is Cc1ccc(-c2cn[nH]c2)cc1/C=C\NCc1ccc(C(O)(C(F)(F)F)C(F)(F)F)cc1. The summed E-state index contributed by atoms with van der Waals surface area (Å²) in [6, 6.07) is 9.31. The van der Waals surface area contributed by atoms with Gasteiger partial charge in [0.05, 0.1) is 6.20 Å². The van der Waals surface area contributed by atoms with E-state index in [0.717, 1.165) is 34.4 Å². The maximum atomic E-state index is 13.0. The molecule has 0 amide bonds. The molecule has 0 bridgehead atoms. The van der Waals surface area contributed by atoms with Crippen molar-refractivity contribution in [3.63, 3.8) is 0 Å². The lowest BCUT2D eigenvalue weighted by Crippen LogP contribution is -2.53. The van der Waals surface area contributed by atoms with E-state index in [0.29, 0.717) is 17.7 Å². The fraction of sp³-hybridized carbons (Fsp3) is 0.227. The van der Waals surface area contributed by atoms with Gasteiger partial charge in [0.15, 0.2) is 0 Å². The van der Waals surface area contributed by atoms with Crippen molar-refractivity contribution >= 4 is 6.08 Å². The molecule has 0 radical (unpaired) electrons. The molecule has 4 nitrogen and oxygen atoms in total. The summed E-state index contributed by atoms with van der Waals surface area (Å²) < 4.78 is 77.7. The molecule has 10 heteroatoms. The number of halogens is 6. The Morgan fingerprint density at radius 2 is 1.62 bits per heavy atom. The van der Waals surface area contributed by atoms with Crippen molar-refractivity contribution in [1.29, 1.82) is 0 Å². The van der Waals surface area contributed by atoms with Gasteiger partial charge in [-0.15, -0.1) is 0 Å². The zero-order valence-electron chi connectivity index (χ0n) is 16.7. The fourth-order valence-corrected chi connectivity index (χ4v) is 3.09. The van der Waals surface area contributed by atoms with Gasteiger partial charge < -0.3 is 10.4 Å². The first-order chi connectivity index (χ1) is 14.9. The average Bonchev–Trinajstić information content (AvgIpc) is 3.25. The van der Waals surface area contributed by atoms with Crippen molar-refractivity contribution in [3.8, 4) is 11.1 Å². The highest BCUT2D eigenvalue weighted by atomic mass is 19.4. The summed E-state index contributed by atoms with van der Waals surface area (Å²) in [6.45, 7) is 2.09. The molecule has 0 aliphatic heterocycles. The van der Waals surface area contributed by atoms with Crippen molar-refractivity contribution in [2.45, 2.75) is 31.4 Å². The Bertz CT molecular complexity index is 1060. The highest BCUT2D eigenvalue weighted by molar-refractivity contribution is 5.67. The van der Waals surface area contributed by atoms with Crippen LogP contribution in [0.1, 0.15) is 22.3 Å². The molecule has 1 aromatic heterocycles. The third kappa shape index (κ3) is 4.64. The van der Waals surface area contributed by atoms with Crippen molar-refractivity contribution in [1.82, 2.24) is 15.5 Å². The van der Waals surface area contributed by atoms with Crippen LogP contribution in [0.3, 0.4) is 0 Å². The third-order valence-corrected chi connectivity index (χ3v) is 4.99. The summed E-state index contributed by atoms with van der Waals surface area (Å²) in [7, 11) is 0. The van der Waals surface area contributed by atoms with E-state index in [1.54, 1.807) is 24.7 Å². The van der Waals surface area contributed by atoms with Crippen molar-refractivity contribution < 1.29 is 31.4 Å². The second-order valence-electron chi connectivity index (χ2n) is 7.18. The molecule has 2 aromatic carbocycles. The number of aromatic nitrogens is 2. The summed E-state index contributed by atoms with van der Waals surface area (Å²) in [4.78, 5) is 0. The maximum Gasteiger partial charge on any atom is 0.430 e. The van der Waals surface area contributed by atoms with Crippen molar-refractivity contribution in [2.75, 3.05) is 0 Å². The predicted octanol–water partition coefficient (Wildman–Crippen LogP) is 5.46. The zero-order chi connectivity index (χ0) is 23.6. The number of alkyl halides is 6. The summed E-state index contributed by atoms with van der Waals surface area (Å²) in [5.41, 5.74) is -1.96. The Hall–Kier alpha value is -3.27. The Balaban J connectivity index is 1.69. The van der Waals surface area contributed by atoms with Crippen molar-refractivity contribution in [2.24, 2.45) is 0 Å². The second kappa shape index (κ2) is 8.70. The molecule has 0 aliphatic carbocycles. The number of hydrogen-bond acceptors (Lipinski definition) is 3. The number of rotatable bonds is 6. The van der Waals surface area contributed by atoms with Crippen LogP contribution in [0.15, 0.2) is 61.1 Å². The van der Waals surface area contributed by atoms with Gasteiger partial charge in [-0.25, -0.2) is 0 Å². The molecule has 0 aliphatic rings. The number of aliphatic hydroxyl groups is 1. The van der Waals surface area contributed by atoms with E-state index in [4.69, 9.17) is 0 Å². The van der Waals surface area contributed by atoms with Crippen LogP contribution in [0.4, 0.5) is 26.3 Å². The van der Waals surface area contributed by atoms with Crippen LogP contribution in [-0.4, -0.2) is 27.7 Å². The molecule has 0 saturated heterocycles. The average molecular weight is 455 g/mol. The van der Waals surface area contributed by atoms with Crippen LogP contribution in [0, 0.1) is 6.92 Å². The monoisotopic (exact) mass is 455 g/mol. The van der Waals surface area contributed by atoms with Crippen LogP contribution in [0.25, 0.3) is 17.2 Å².